The maximum absolute atomic E-state index is 5.42. The van der Waals surface area contributed by atoms with Gasteiger partial charge in [0.25, 0.3) is 0 Å². The molecule has 0 unspecified atom stereocenters. The molecule has 2 nitrogen and oxygen atoms in total. The Morgan fingerprint density at radius 1 is 1.50 bits per heavy atom. The Bertz CT molecular complexity index is 153. The molecule has 0 amide bonds. The fraction of sp³-hybridized carbons (Fsp3) is 0.778. The van der Waals surface area contributed by atoms with Gasteiger partial charge in [0.2, 0.25) is 0 Å². The minimum atomic E-state index is 0.245. The van der Waals surface area contributed by atoms with E-state index >= 15 is 0 Å². The first kappa shape index (κ1) is 10.0. The molecule has 1 saturated heterocycles. The van der Waals surface area contributed by atoms with E-state index < -0.39 is 0 Å². The first-order valence-electron chi connectivity index (χ1n) is 4.35. The van der Waals surface area contributed by atoms with Crippen LogP contribution in [-0.2, 0) is 4.74 Å². The fourth-order valence-corrected chi connectivity index (χ4v) is 1.44. The summed E-state index contributed by atoms with van der Waals surface area (Å²) in [6.45, 7) is 4.82. The zero-order chi connectivity index (χ0) is 8.86. The number of hydrogen-bond acceptors (Lipinski definition) is 2. The van der Waals surface area contributed by atoms with Gasteiger partial charge in [-0.15, -0.1) is 0 Å². The summed E-state index contributed by atoms with van der Waals surface area (Å²) in [4.78, 5) is 0. The Hall–Kier alpha value is -0.0500. The lowest BCUT2D eigenvalue weighted by atomic mass is 9.92. The Labute approximate surface area is 78.9 Å². The van der Waals surface area contributed by atoms with Crippen molar-refractivity contribution in [2.45, 2.75) is 25.3 Å². The molecule has 1 aliphatic heterocycles. The lowest BCUT2D eigenvalue weighted by Gasteiger charge is -2.34. The molecule has 0 aromatic rings. The van der Waals surface area contributed by atoms with Gasteiger partial charge in [0.05, 0.1) is 0 Å². The fourth-order valence-electron chi connectivity index (χ4n) is 1.35. The number of hydrogen-bond donors (Lipinski definition) is 1. The van der Waals surface area contributed by atoms with Crippen LogP contribution in [0.25, 0.3) is 0 Å². The minimum Gasteiger partial charge on any atom is -0.381 e. The second-order valence-electron chi connectivity index (χ2n) is 3.42. The van der Waals surface area contributed by atoms with Crippen LogP contribution < -0.4 is 5.32 Å². The van der Waals surface area contributed by atoms with Crippen molar-refractivity contribution >= 4 is 11.6 Å². The van der Waals surface area contributed by atoms with E-state index in [-0.39, 0.29) is 5.54 Å². The molecule has 1 fully saturated rings. The lowest BCUT2D eigenvalue weighted by Crippen LogP contribution is -2.46. The van der Waals surface area contributed by atoms with Gasteiger partial charge in [-0.3, -0.25) is 0 Å². The number of ether oxygens (including phenoxy) is 1. The molecule has 0 bridgehead atoms. The maximum atomic E-state index is 5.42. The highest BCUT2D eigenvalue weighted by atomic mass is 35.5. The molecule has 0 aromatic heterocycles. The van der Waals surface area contributed by atoms with E-state index in [2.05, 4.69) is 12.2 Å². The zero-order valence-corrected chi connectivity index (χ0v) is 8.23. The monoisotopic (exact) mass is 189 g/mol. The van der Waals surface area contributed by atoms with Crippen molar-refractivity contribution in [2.75, 3.05) is 19.8 Å². The summed E-state index contributed by atoms with van der Waals surface area (Å²) in [6, 6.07) is 0. The first-order chi connectivity index (χ1) is 5.77. The van der Waals surface area contributed by atoms with Crippen molar-refractivity contribution in [3.63, 3.8) is 0 Å². The van der Waals surface area contributed by atoms with E-state index in [1.165, 1.54) is 0 Å². The summed E-state index contributed by atoms with van der Waals surface area (Å²) in [5.41, 5.74) is 1.80. The Balaban J connectivity index is 2.26. The molecule has 12 heavy (non-hydrogen) atoms. The second kappa shape index (κ2) is 4.85. The van der Waals surface area contributed by atoms with E-state index in [0.717, 1.165) is 32.6 Å². The van der Waals surface area contributed by atoms with Gasteiger partial charge in [0.15, 0.2) is 0 Å². The third kappa shape index (κ3) is 3.13. The lowest BCUT2D eigenvalue weighted by molar-refractivity contribution is 0.0467. The van der Waals surface area contributed by atoms with Crippen LogP contribution in [0, 0.1) is 0 Å². The van der Waals surface area contributed by atoms with Gasteiger partial charge in [0.1, 0.15) is 0 Å². The molecule has 70 valence electrons. The molecule has 1 heterocycles. The summed E-state index contributed by atoms with van der Waals surface area (Å²) in [5, 5.41) is 3.45. The zero-order valence-electron chi connectivity index (χ0n) is 7.48. The third-order valence-corrected chi connectivity index (χ3v) is 2.51. The van der Waals surface area contributed by atoms with E-state index in [1.54, 1.807) is 5.54 Å². The Kier molecular flexibility index (Phi) is 4.06. The van der Waals surface area contributed by atoms with Crippen molar-refractivity contribution in [1.29, 1.82) is 0 Å². The molecular weight excluding hydrogens is 174 g/mol. The summed E-state index contributed by atoms with van der Waals surface area (Å²) >= 11 is 5.42. The predicted molar refractivity (Wildman–Crippen MR) is 51.5 cm³/mol. The number of nitrogens with one attached hydrogen (secondary N) is 1. The van der Waals surface area contributed by atoms with Gasteiger partial charge in [-0.25, -0.2) is 0 Å². The summed E-state index contributed by atoms with van der Waals surface area (Å²) in [7, 11) is 0. The average Bonchev–Trinajstić information content (AvgIpc) is 2.06. The molecule has 1 rings (SSSR count). The van der Waals surface area contributed by atoms with Crippen LogP contribution in [0.1, 0.15) is 19.8 Å². The SMILES string of the molecule is CC1(NC/C=C/Cl)CCOCC1. The van der Waals surface area contributed by atoms with Crippen molar-refractivity contribution in [3.05, 3.63) is 11.6 Å². The van der Waals surface area contributed by atoms with Gasteiger partial charge in [0, 0.05) is 30.8 Å². The van der Waals surface area contributed by atoms with E-state index in [9.17, 15) is 0 Å². The molecule has 1 N–H and O–H groups in total. The molecule has 0 atom stereocenters. The van der Waals surface area contributed by atoms with Gasteiger partial charge in [-0.2, -0.15) is 0 Å². The predicted octanol–water partition coefficient (Wildman–Crippen LogP) is 1.90. The van der Waals surface area contributed by atoms with Crippen LogP contribution >= 0.6 is 11.6 Å². The van der Waals surface area contributed by atoms with Crippen LogP contribution in [0.3, 0.4) is 0 Å². The van der Waals surface area contributed by atoms with Crippen molar-refractivity contribution in [1.82, 2.24) is 5.32 Å². The van der Waals surface area contributed by atoms with E-state index in [1.807, 2.05) is 6.08 Å². The molecule has 1 aliphatic rings. The molecule has 0 aliphatic carbocycles. The molecule has 0 saturated carbocycles. The highest BCUT2D eigenvalue weighted by molar-refractivity contribution is 6.25. The van der Waals surface area contributed by atoms with Crippen LogP contribution in [-0.4, -0.2) is 25.3 Å². The van der Waals surface area contributed by atoms with Crippen LogP contribution in [0.2, 0.25) is 0 Å². The van der Waals surface area contributed by atoms with Crippen LogP contribution in [0.5, 0.6) is 0 Å². The van der Waals surface area contributed by atoms with E-state index in [0.29, 0.717) is 0 Å². The normalized spacial score (nSPS) is 23.2. The van der Waals surface area contributed by atoms with Gasteiger partial charge < -0.3 is 10.1 Å². The van der Waals surface area contributed by atoms with Crippen molar-refractivity contribution in [2.24, 2.45) is 0 Å². The summed E-state index contributed by atoms with van der Waals surface area (Å²) in [6.07, 6.45) is 4.09. The Morgan fingerprint density at radius 2 is 2.17 bits per heavy atom. The Morgan fingerprint density at radius 3 is 2.75 bits per heavy atom. The van der Waals surface area contributed by atoms with Gasteiger partial charge in [-0.1, -0.05) is 17.7 Å². The van der Waals surface area contributed by atoms with Crippen molar-refractivity contribution in [3.8, 4) is 0 Å². The molecule has 0 aromatic carbocycles. The van der Waals surface area contributed by atoms with Gasteiger partial charge >= 0.3 is 0 Å². The minimum absolute atomic E-state index is 0.245. The van der Waals surface area contributed by atoms with Crippen LogP contribution in [0.4, 0.5) is 0 Å². The second-order valence-corrected chi connectivity index (χ2v) is 3.67. The third-order valence-electron chi connectivity index (χ3n) is 2.33. The highest BCUT2D eigenvalue weighted by Crippen LogP contribution is 2.19. The quantitative estimate of drug-likeness (QED) is 0.733. The van der Waals surface area contributed by atoms with Gasteiger partial charge in [-0.05, 0) is 19.8 Å². The standard InChI is InChI=1S/C9H16ClNO/c1-9(11-6-2-5-10)3-7-12-8-4-9/h2,5,11H,3-4,6-8H2,1H3/b5-2+. The molecular formula is C9H16ClNO. The smallest absolute Gasteiger partial charge is 0.0483 e. The topological polar surface area (TPSA) is 21.3 Å². The maximum Gasteiger partial charge on any atom is 0.0483 e. The molecule has 3 heteroatoms. The average molecular weight is 190 g/mol. The first-order valence-corrected chi connectivity index (χ1v) is 4.78. The largest absolute Gasteiger partial charge is 0.381 e. The molecule has 0 radical (unpaired) electrons. The van der Waals surface area contributed by atoms with Crippen molar-refractivity contribution < 1.29 is 4.74 Å². The highest BCUT2D eigenvalue weighted by Gasteiger charge is 2.25. The number of halogens is 1. The number of rotatable bonds is 3. The van der Waals surface area contributed by atoms with Crippen LogP contribution in [0.15, 0.2) is 11.6 Å². The van der Waals surface area contributed by atoms with E-state index in [4.69, 9.17) is 16.3 Å². The molecule has 0 spiro atoms. The summed E-state index contributed by atoms with van der Waals surface area (Å²) < 4.78 is 5.29. The summed E-state index contributed by atoms with van der Waals surface area (Å²) in [5.74, 6) is 0.